The van der Waals surface area contributed by atoms with Crippen LogP contribution >= 0.6 is 11.6 Å². The van der Waals surface area contributed by atoms with E-state index < -0.39 is 0 Å². The molecule has 3 aromatic rings. The van der Waals surface area contributed by atoms with Gasteiger partial charge in [-0.2, -0.15) is 0 Å². The van der Waals surface area contributed by atoms with Crippen LogP contribution in [0.2, 0.25) is 5.02 Å². The average Bonchev–Trinajstić information content (AvgIpc) is 3.18. The lowest BCUT2D eigenvalue weighted by atomic mass is 9.70. The van der Waals surface area contributed by atoms with Gasteiger partial charge in [-0.25, -0.2) is 4.98 Å². The minimum Gasteiger partial charge on any atom is -0.372 e. The standard InChI is InChI=1S/C22H23ClN6O2/c1-12-8-29-19-15(6-22(9-25-11-26-10-22)21(29)13(2)30-12)27-18-17(14-4-3-5-24-7-14)28-31-20(18)16(19)23/h3-5,7,9,12-13,21,26H,6,8,10-11H2,1-2H3/t12-,13+,21-,22?/m1/s1. The average molecular weight is 439 g/mol. The van der Waals surface area contributed by atoms with Crippen LogP contribution in [0.15, 0.2) is 34.0 Å². The molecule has 0 saturated carbocycles. The molecule has 0 bridgehead atoms. The largest absolute Gasteiger partial charge is 0.372 e. The molecule has 31 heavy (non-hydrogen) atoms. The molecule has 4 atom stereocenters. The van der Waals surface area contributed by atoms with Crippen LogP contribution in [0.5, 0.6) is 0 Å². The number of rotatable bonds is 1. The summed E-state index contributed by atoms with van der Waals surface area (Å²) < 4.78 is 12.0. The number of pyridine rings is 2. The number of anilines is 1. The summed E-state index contributed by atoms with van der Waals surface area (Å²) >= 11 is 6.98. The van der Waals surface area contributed by atoms with E-state index in [2.05, 4.69) is 45.4 Å². The van der Waals surface area contributed by atoms with E-state index in [0.717, 1.165) is 36.5 Å². The summed E-state index contributed by atoms with van der Waals surface area (Å²) in [5.74, 6) is 0. The first-order valence-electron chi connectivity index (χ1n) is 10.6. The summed E-state index contributed by atoms with van der Waals surface area (Å²) in [7, 11) is 0. The Bertz CT molecular complexity index is 1180. The molecule has 0 aliphatic carbocycles. The Morgan fingerprint density at radius 3 is 3.00 bits per heavy atom. The quantitative estimate of drug-likeness (QED) is 0.624. The maximum atomic E-state index is 6.98. The normalized spacial score (nSPS) is 29.9. The molecule has 1 saturated heterocycles. The lowest BCUT2D eigenvalue weighted by Gasteiger charge is -2.55. The zero-order valence-electron chi connectivity index (χ0n) is 17.4. The lowest BCUT2D eigenvalue weighted by molar-refractivity contribution is -0.0522. The Labute approximate surface area is 184 Å². The van der Waals surface area contributed by atoms with E-state index in [-0.39, 0.29) is 23.7 Å². The molecule has 3 aromatic heterocycles. The number of halogens is 1. The van der Waals surface area contributed by atoms with Gasteiger partial charge in [-0.05, 0) is 26.0 Å². The van der Waals surface area contributed by atoms with Crippen molar-refractivity contribution in [1.82, 2.24) is 20.4 Å². The molecule has 9 heteroatoms. The molecule has 1 N–H and O–H groups in total. The SMILES string of the molecule is C[C@@H]1CN2c3c(nc4c(-c5cccnc5)noc4c3Cl)CC3(C=NCNC3)[C@H]2[C@H](C)O1. The van der Waals surface area contributed by atoms with Gasteiger partial charge in [0.1, 0.15) is 16.2 Å². The second-order valence-corrected chi connectivity index (χ2v) is 9.11. The monoisotopic (exact) mass is 438 g/mol. The highest BCUT2D eigenvalue weighted by atomic mass is 35.5. The van der Waals surface area contributed by atoms with E-state index in [0.29, 0.717) is 28.5 Å². The second kappa shape index (κ2) is 6.98. The summed E-state index contributed by atoms with van der Waals surface area (Å²) in [6.07, 6.45) is 6.41. The van der Waals surface area contributed by atoms with Crippen LogP contribution in [0.3, 0.4) is 0 Å². The van der Waals surface area contributed by atoms with Gasteiger partial charge in [0.05, 0.1) is 36.3 Å². The van der Waals surface area contributed by atoms with Gasteiger partial charge in [-0.3, -0.25) is 15.3 Å². The third-order valence-corrected chi connectivity index (χ3v) is 6.94. The number of morpholine rings is 1. The third kappa shape index (κ3) is 2.82. The van der Waals surface area contributed by atoms with Gasteiger partial charge in [0.2, 0.25) is 5.58 Å². The first-order valence-corrected chi connectivity index (χ1v) is 11.0. The summed E-state index contributed by atoms with van der Waals surface area (Å²) in [6.45, 7) is 6.41. The van der Waals surface area contributed by atoms with Gasteiger partial charge in [0.25, 0.3) is 0 Å². The number of aliphatic imine (C=N–C) groups is 1. The highest BCUT2D eigenvalue weighted by molar-refractivity contribution is 6.38. The van der Waals surface area contributed by atoms with Gasteiger partial charge in [0.15, 0.2) is 0 Å². The van der Waals surface area contributed by atoms with E-state index in [1.54, 1.807) is 12.4 Å². The number of ether oxygens (including phenoxy) is 1. The predicted octanol–water partition coefficient (Wildman–Crippen LogP) is 3.09. The van der Waals surface area contributed by atoms with Gasteiger partial charge in [-0.1, -0.05) is 16.8 Å². The molecule has 0 aromatic carbocycles. The number of hydrogen-bond acceptors (Lipinski definition) is 8. The number of fused-ring (bicyclic) bond motifs is 5. The fourth-order valence-corrected chi connectivity index (χ4v) is 5.87. The van der Waals surface area contributed by atoms with Gasteiger partial charge in [0, 0.05) is 49.1 Å². The zero-order valence-corrected chi connectivity index (χ0v) is 18.1. The molecule has 3 aliphatic rings. The van der Waals surface area contributed by atoms with Crippen LogP contribution in [-0.4, -0.2) is 59.3 Å². The van der Waals surface area contributed by atoms with Crippen molar-refractivity contribution in [3.05, 3.63) is 35.2 Å². The molecule has 3 aliphatic heterocycles. The van der Waals surface area contributed by atoms with E-state index in [4.69, 9.17) is 25.8 Å². The summed E-state index contributed by atoms with van der Waals surface area (Å²) in [6, 6.07) is 3.92. The Morgan fingerprint density at radius 1 is 1.32 bits per heavy atom. The van der Waals surface area contributed by atoms with Crippen LogP contribution < -0.4 is 10.2 Å². The van der Waals surface area contributed by atoms with Crippen LogP contribution in [0.25, 0.3) is 22.4 Å². The highest BCUT2D eigenvalue weighted by Crippen LogP contribution is 2.49. The molecule has 0 amide bonds. The molecule has 0 radical (unpaired) electrons. The topological polar surface area (TPSA) is 88.7 Å². The predicted molar refractivity (Wildman–Crippen MR) is 119 cm³/mol. The number of aromatic nitrogens is 3. The first-order chi connectivity index (χ1) is 15.1. The maximum Gasteiger partial charge on any atom is 0.206 e. The van der Waals surface area contributed by atoms with Crippen LogP contribution in [0.4, 0.5) is 5.69 Å². The molecule has 1 spiro atoms. The summed E-state index contributed by atoms with van der Waals surface area (Å²) in [4.78, 5) is 16.2. The molecule has 6 rings (SSSR count). The van der Waals surface area contributed by atoms with Crippen molar-refractivity contribution in [2.75, 3.05) is 24.7 Å². The van der Waals surface area contributed by atoms with Crippen molar-refractivity contribution < 1.29 is 9.26 Å². The minimum atomic E-state index is -0.222. The van der Waals surface area contributed by atoms with Crippen molar-refractivity contribution >= 4 is 34.6 Å². The lowest BCUT2D eigenvalue weighted by Crippen LogP contribution is -2.67. The van der Waals surface area contributed by atoms with E-state index in [1.165, 1.54) is 0 Å². The summed E-state index contributed by atoms with van der Waals surface area (Å²) in [5, 5.41) is 8.30. The molecule has 160 valence electrons. The maximum absolute atomic E-state index is 6.98. The third-order valence-electron chi connectivity index (χ3n) is 6.59. The summed E-state index contributed by atoms with van der Waals surface area (Å²) in [5.41, 5.74) is 4.33. The van der Waals surface area contributed by atoms with E-state index in [1.807, 2.05) is 12.1 Å². The molecular formula is C22H23ClN6O2. The Kier molecular flexibility index (Phi) is 4.31. The Morgan fingerprint density at radius 2 is 2.23 bits per heavy atom. The smallest absolute Gasteiger partial charge is 0.206 e. The molecule has 6 heterocycles. The zero-order chi connectivity index (χ0) is 21.2. The fourth-order valence-electron chi connectivity index (χ4n) is 5.53. The minimum absolute atomic E-state index is 0.0238. The molecule has 8 nitrogen and oxygen atoms in total. The molecular weight excluding hydrogens is 416 g/mol. The Hall–Kier alpha value is -2.55. The van der Waals surface area contributed by atoms with Crippen molar-refractivity contribution in [3.8, 4) is 11.3 Å². The van der Waals surface area contributed by atoms with Crippen molar-refractivity contribution in [2.24, 2.45) is 10.4 Å². The molecule has 1 fully saturated rings. The molecule has 1 unspecified atom stereocenters. The van der Waals surface area contributed by atoms with Gasteiger partial charge < -0.3 is 14.2 Å². The van der Waals surface area contributed by atoms with Crippen molar-refractivity contribution in [1.29, 1.82) is 0 Å². The number of nitrogens with zero attached hydrogens (tertiary/aromatic N) is 5. The van der Waals surface area contributed by atoms with Crippen LogP contribution in [0, 0.1) is 5.41 Å². The number of hydrogen-bond donors (Lipinski definition) is 1. The fraction of sp³-hybridized carbons (Fsp3) is 0.455. The van der Waals surface area contributed by atoms with Crippen molar-refractivity contribution in [3.63, 3.8) is 0 Å². The van der Waals surface area contributed by atoms with Gasteiger partial charge in [-0.15, -0.1) is 0 Å². The number of nitrogens with one attached hydrogen (secondary N) is 1. The van der Waals surface area contributed by atoms with Crippen molar-refractivity contribution in [2.45, 2.75) is 38.5 Å². The van der Waals surface area contributed by atoms with Gasteiger partial charge >= 0.3 is 0 Å². The van der Waals surface area contributed by atoms with E-state index >= 15 is 0 Å². The second-order valence-electron chi connectivity index (χ2n) is 8.73. The van der Waals surface area contributed by atoms with E-state index in [9.17, 15) is 0 Å². The Balaban J connectivity index is 1.58. The first kappa shape index (κ1) is 19.2. The van der Waals surface area contributed by atoms with Crippen LogP contribution in [0.1, 0.15) is 19.5 Å². The highest BCUT2D eigenvalue weighted by Gasteiger charge is 2.53. The van der Waals surface area contributed by atoms with Crippen LogP contribution in [-0.2, 0) is 11.2 Å².